The van der Waals surface area contributed by atoms with Crippen LogP contribution in [0.2, 0.25) is 0 Å². The van der Waals surface area contributed by atoms with Crippen LogP contribution in [-0.4, -0.2) is 32.9 Å². The maximum atomic E-state index is 4.81. The van der Waals surface area contributed by atoms with E-state index in [0.717, 1.165) is 47.8 Å². The summed E-state index contributed by atoms with van der Waals surface area (Å²) in [6.07, 6.45) is 3.72. The molecule has 26 heavy (non-hydrogen) atoms. The third kappa shape index (κ3) is 3.65. The first-order valence-electron chi connectivity index (χ1n) is 9.71. The normalized spacial score (nSPS) is 19.7. The fourth-order valence-corrected chi connectivity index (χ4v) is 4.33. The van der Waals surface area contributed by atoms with Crippen molar-refractivity contribution < 1.29 is 0 Å². The van der Waals surface area contributed by atoms with Crippen LogP contribution in [0.25, 0.3) is 11.0 Å². The van der Waals surface area contributed by atoms with Crippen LogP contribution in [0.1, 0.15) is 48.6 Å². The second-order valence-corrected chi connectivity index (χ2v) is 7.78. The molecule has 2 atom stereocenters. The minimum atomic E-state index is 0.325. The molecule has 1 N–H and O–H groups in total. The van der Waals surface area contributed by atoms with Gasteiger partial charge in [-0.05, 0) is 82.3 Å². The minimum Gasteiger partial charge on any atom is -0.341 e. The number of aromatic amines is 1. The molecule has 0 saturated carbocycles. The smallest absolute Gasteiger partial charge is 0.124 e. The molecule has 0 spiro atoms. The van der Waals surface area contributed by atoms with Gasteiger partial charge in [0, 0.05) is 17.9 Å². The predicted molar refractivity (Wildman–Crippen MR) is 106 cm³/mol. The van der Waals surface area contributed by atoms with Crippen LogP contribution in [0, 0.1) is 19.8 Å². The number of rotatable bonds is 4. The Bertz CT molecular complexity index is 845. The number of H-pyrrole nitrogens is 1. The van der Waals surface area contributed by atoms with Gasteiger partial charge in [-0.25, -0.2) is 4.98 Å². The number of benzene rings is 1. The zero-order valence-electron chi connectivity index (χ0n) is 16.0. The van der Waals surface area contributed by atoms with Gasteiger partial charge < -0.3 is 4.98 Å². The van der Waals surface area contributed by atoms with Gasteiger partial charge in [0.1, 0.15) is 5.82 Å². The summed E-state index contributed by atoms with van der Waals surface area (Å²) in [5.74, 6) is 1.79. The molecule has 1 aromatic carbocycles. The molecule has 0 amide bonds. The van der Waals surface area contributed by atoms with Crippen molar-refractivity contribution in [3.8, 4) is 0 Å². The monoisotopic (exact) mass is 348 g/mol. The van der Waals surface area contributed by atoms with Crippen LogP contribution >= 0.6 is 0 Å². The molecule has 1 saturated heterocycles. The average molecular weight is 348 g/mol. The van der Waals surface area contributed by atoms with E-state index >= 15 is 0 Å². The van der Waals surface area contributed by atoms with Crippen molar-refractivity contribution in [1.82, 2.24) is 19.9 Å². The molecule has 0 radical (unpaired) electrons. The molecule has 1 aliphatic heterocycles. The number of likely N-dealkylation sites (tertiary alicyclic amines) is 1. The minimum absolute atomic E-state index is 0.325. The highest BCUT2D eigenvalue weighted by Gasteiger charge is 2.26. The molecule has 2 unspecified atom stereocenters. The van der Waals surface area contributed by atoms with Crippen LogP contribution in [-0.2, 0) is 6.42 Å². The van der Waals surface area contributed by atoms with Gasteiger partial charge in [0.15, 0.2) is 0 Å². The number of para-hydroxylation sites is 2. The van der Waals surface area contributed by atoms with Crippen molar-refractivity contribution in [2.24, 2.45) is 5.92 Å². The van der Waals surface area contributed by atoms with Crippen LogP contribution in [0.5, 0.6) is 0 Å². The van der Waals surface area contributed by atoms with Crippen molar-refractivity contribution >= 4 is 11.0 Å². The molecule has 0 aliphatic carbocycles. The van der Waals surface area contributed by atoms with Crippen LogP contribution in [0.15, 0.2) is 36.4 Å². The van der Waals surface area contributed by atoms with Crippen LogP contribution in [0.3, 0.4) is 0 Å². The topological polar surface area (TPSA) is 44.8 Å². The second-order valence-electron chi connectivity index (χ2n) is 7.78. The Hall–Kier alpha value is -2.20. The molecule has 3 heterocycles. The van der Waals surface area contributed by atoms with Gasteiger partial charge in [0.25, 0.3) is 0 Å². The highest BCUT2D eigenvalue weighted by molar-refractivity contribution is 5.74. The van der Waals surface area contributed by atoms with Crippen molar-refractivity contribution in [3.63, 3.8) is 0 Å². The third-order valence-electron chi connectivity index (χ3n) is 5.57. The predicted octanol–water partition coefficient (Wildman–Crippen LogP) is 4.59. The second kappa shape index (κ2) is 7.20. The lowest BCUT2D eigenvalue weighted by molar-refractivity contribution is 0.127. The number of imidazole rings is 1. The molecule has 1 fully saturated rings. The Kier molecular flexibility index (Phi) is 4.77. The van der Waals surface area contributed by atoms with Crippen molar-refractivity contribution in [2.75, 3.05) is 13.1 Å². The Morgan fingerprint density at radius 1 is 1.15 bits per heavy atom. The summed E-state index contributed by atoms with van der Waals surface area (Å²) in [6, 6.07) is 13.1. The average Bonchev–Trinajstić information content (AvgIpc) is 3.04. The summed E-state index contributed by atoms with van der Waals surface area (Å²) >= 11 is 0. The standard InChI is InChI=1S/C22H28N4/c1-15-11-19(12-16(2)23-15)13-18-7-6-10-26(14-18)17(3)22-24-20-8-4-5-9-21(20)25-22/h4-5,8-9,11-12,17-18H,6-7,10,13-14H2,1-3H3,(H,24,25). The molecular weight excluding hydrogens is 320 g/mol. The van der Waals surface area contributed by atoms with Gasteiger partial charge in [-0.15, -0.1) is 0 Å². The van der Waals surface area contributed by atoms with E-state index in [-0.39, 0.29) is 0 Å². The zero-order valence-corrected chi connectivity index (χ0v) is 16.0. The number of aromatic nitrogens is 3. The third-order valence-corrected chi connectivity index (χ3v) is 5.57. The van der Waals surface area contributed by atoms with E-state index in [2.05, 4.69) is 66.0 Å². The number of hydrogen-bond donors (Lipinski definition) is 1. The lowest BCUT2D eigenvalue weighted by Gasteiger charge is -2.36. The SMILES string of the molecule is Cc1cc(CC2CCCN(C(C)c3nc4ccccc4[nH]3)C2)cc(C)n1. The van der Waals surface area contributed by atoms with Crippen molar-refractivity contribution in [2.45, 2.75) is 46.1 Å². The fraction of sp³-hybridized carbons (Fsp3) is 0.455. The maximum Gasteiger partial charge on any atom is 0.124 e. The number of pyridine rings is 1. The summed E-state index contributed by atoms with van der Waals surface area (Å²) in [6.45, 7) is 8.75. The summed E-state index contributed by atoms with van der Waals surface area (Å²) in [4.78, 5) is 15.4. The van der Waals surface area contributed by atoms with E-state index in [1.165, 1.54) is 18.4 Å². The molecule has 0 bridgehead atoms. The first kappa shape index (κ1) is 17.2. The number of nitrogens with zero attached hydrogens (tertiary/aromatic N) is 3. The Balaban J connectivity index is 1.47. The lowest BCUT2D eigenvalue weighted by Crippen LogP contribution is -2.38. The highest BCUT2D eigenvalue weighted by atomic mass is 15.2. The maximum absolute atomic E-state index is 4.81. The zero-order chi connectivity index (χ0) is 18.1. The number of fused-ring (bicyclic) bond motifs is 1. The molecular formula is C22H28N4. The number of nitrogens with one attached hydrogen (secondary N) is 1. The summed E-state index contributed by atoms with van der Waals surface area (Å²) < 4.78 is 0. The van der Waals surface area contributed by atoms with E-state index in [0.29, 0.717) is 12.0 Å². The summed E-state index contributed by atoms with van der Waals surface area (Å²) in [7, 11) is 0. The summed E-state index contributed by atoms with van der Waals surface area (Å²) in [5, 5.41) is 0. The van der Waals surface area contributed by atoms with Gasteiger partial charge in [-0.2, -0.15) is 0 Å². The number of hydrogen-bond acceptors (Lipinski definition) is 3. The van der Waals surface area contributed by atoms with E-state index in [9.17, 15) is 0 Å². The molecule has 3 aromatic rings. The van der Waals surface area contributed by atoms with Gasteiger partial charge in [0.05, 0.1) is 17.1 Å². The van der Waals surface area contributed by atoms with E-state index < -0.39 is 0 Å². The Labute approximate surface area is 155 Å². The molecule has 1 aliphatic rings. The fourth-order valence-electron chi connectivity index (χ4n) is 4.33. The van der Waals surface area contributed by atoms with E-state index in [1.807, 2.05) is 6.07 Å². The van der Waals surface area contributed by atoms with Gasteiger partial charge in [0.2, 0.25) is 0 Å². The molecule has 4 rings (SSSR count). The number of aryl methyl sites for hydroxylation is 2. The Morgan fingerprint density at radius 2 is 1.92 bits per heavy atom. The van der Waals surface area contributed by atoms with Crippen molar-refractivity contribution in [3.05, 3.63) is 59.2 Å². The van der Waals surface area contributed by atoms with Crippen LogP contribution < -0.4 is 0 Å². The highest BCUT2D eigenvalue weighted by Crippen LogP contribution is 2.28. The molecule has 2 aromatic heterocycles. The van der Waals surface area contributed by atoms with Gasteiger partial charge in [-0.1, -0.05) is 12.1 Å². The van der Waals surface area contributed by atoms with E-state index in [4.69, 9.17) is 4.98 Å². The van der Waals surface area contributed by atoms with Gasteiger partial charge >= 0.3 is 0 Å². The molecule has 4 heteroatoms. The quantitative estimate of drug-likeness (QED) is 0.750. The molecule has 136 valence electrons. The van der Waals surface area contributed by atoms with Gasteiger partial charge in [-0.3, -0.25) is 9.88 Å². The largest absolute Gasteiger partial charge is 0.341 e. The first-order valence-corrected chi connectivity index (χ1v) is 9.71. The first-order chi connectivity index (χ1) is 12.6. The van der Waals surface area contributed by atoms with Crippen LogP contribution in [0.4, 0.5) is 0 Å². The Morgan fingerprint density at radius 3 is 2.69 bits per heavy atom. The molecule has 4 nitrogen and oxygen atoms in total. The number of piperidine rings is 1. The van der Waals surface area contributed by atoms with E-state index in [1.54, 1.807) is 0 Å². The van der Waals surface area contributed by atoms with Crippen molar-refractivity contribution in [1.29, 1.82) is 0 Å². The lowest BCUT2D eigenvalue weighted by atomic mass is 9.90. The summed E-state index contributed by atoms with van der Waals surface area (Å²) in [5.41, 5.74) is 5.88.